The molecule has 0 aliphatic carbocycles. The molecule has 3 aromatic rings. The maximum atomic E-state index is 11.7. The van der Waals surface area contributed by atoms with Gasteiger partial charge in [0.25, 0.3) is 5.56 Å². The number of fused-ring (bicyclic) bond motifs is 1. The Balaban J connectivity index is 2.30. The van der Waals surface area contributed by atoms with Gasteiger partial charge < -0.3 is 4.98 Å². The van der Waals surface area contributed by atoms with Crippen LogP contribution in [0.2, 0.25) is 0 Å². The molecule has 0 aliphatic rings. The fourth-order valence-corrected chi connectivity index (χ4v) is 2.14. The number of hydrogen-bond donors (Lipinski definition) is 1. The molecule has 2 aromatic heterocycles. The topological polar surface area (TPSA) is 58.6 Å². The largest absolute Gasteiger partial charge is 0.311 e. The van der Waals surface area contributed by atoms with Crippen molar-refractivity contribution >= 4 is 10.9 Å². The lowest BCUT2D eigenvalue weighted by molar-refractivity contribution is 0.924. The summed E-state index contributed by atoms with van der Waals surface area (Å²) in [5.74, 6) is 0.698. The Kier molecular flexibility index (Phi) is 2.83. The molecule has 4 heteroatoms. The average Bonchev–Trinajstić information content (AvgIpc) is 2.46. The van der Waals surface area contributed by atoms with Gasteiger partial charge in [0.2, 0.25) is 0 Å². The van der Waals surface area contributed by atoms with Gasteiger partial charge in [0.15, 0.2) is 0 Å². The predicted octanol–water partition coefficient (Wildman–Crippen LogP) is 2.55. The molecule has 0 atom stereocenters. The van der Waals surface area contributed by atoms with Crippen molar-refractivity contribution in [2.45, 2.75) is 13.3 Å². The highest BCUT2D eigenvalue weighted by Gasteiger charge is 2.07. The van der Waals surface area contributed by atoms with Crippen LogP contribution >= 0.6 is 0 Å². The number of pyridine rings is 1. The summed E-state index contributed by atoms with van der Waals surface area (Å²) in [7, 11) is 0. The molecule has 2 heterocycles. The Morgan fingerprint density at radius 1 is 1.21 bits per heavy atom. The smallest absolute Gasteiger partial charge is 0.251 e. The minimum atomic E-state index is -0.122. The van der Waals surface area contributed by atoms with E-state index in [-0.39, 0.29) is 5.56 Å². The third kappa shape index (κ3) is 2.12. The van der Waals surface area contributed by atoms with Crippen LogP contribution in [0.25, 0.3) is 22.2 Å². The third-order valence-corrected chi connectivity index (χ3v) is 3.05. The molecule has 1 aromatic carbocycles. The van der Waals surface area contributed by atoms with E-state index in [2.05, 4.69) is 15.0 Å². The predicted molar refractivity (Wildman–Crippen MR) is 75.0 cm³/mol. The highest BCUT2D eigenvalue weighted by atomic mass is 16.1. The van der Waals surface area contributed by atoms with Gasteiger partial charge in [0, 0.05) is 29.6 Å². The number of benzene rings is 1. The SMILES string of the molecule is CCc1nc(-c2cccc3ncccc23)cc(=O)[nH]1. The van der Waals surface area contributed by atoms with Crippen molar-refractivity contribution in [1.29, 1.82) is 0 Å². The number of hydrogen-bond acceptors (Lipinski definition) is 3. The van der Waals surface area contributed by atoms with Gasteiger partial charge in [-0.15, -0.1) is 0 Å². The van der Waals surface area contributed by atoms with Crippen molar-refractivity contribution in [3.63, 3.8) is 0 Å². The van der Waals surface area contributed by atoms with Gasteiger partial charge in [-0.1, -0.05) is 25.1 Å². The number of nitrogens with zero attached hydrogens (tertiary/aromatic N) is 2. The summed E-state index contributed by atoms with van der Waals surface area (Å²) in [4.78, 5) is 23.2. The van der Waals surface area contributed by atoms with Crippen molar-refractivity contribution in [2.24, 2.45) is 0 Å². The molecule has 0 spiro atoms. The summed E-state index contributed by atoms with van der Waals surface area (Å²) in [6.07, 6.45) is 2.46. The second-order valence-electron chi connectivity index (χ2n) is 4.31. The monoisotopic (exact) mass is 251 g/mol. The Labute approximate surface area is 110 Å². The zero-order valence-corrected chi connectivity index (χ0v) is 10.6. The van der Waals surface area contributed by atoms with Crippen molar-refractivity contribution in [2.75, 3.05) is 0 Å². The van der Waals surface area contributed by atoms with Crippen molar-refractivity contribution in [3.8, 4) is 11.3 Å². The van der Waals surface area contributed by atoms with Gasteiger partial charge in [-0.05, 0) is 12.1 Å². The Morgan fingerprint density at radius 2 is 2.11 bits per heavy atom. The van der Waals surface area contributed by atoms with E-state index in [4.69, 9.17) is 0 Å². The number of nitrogens with one attached hydrogen (secondary N) is 1. The maximum absolute atomic E-state index is 11.7. The first-order valence-electron chi connectivity index (χ1n) is 6.22. The molecular weight excluding hydrogens is 238 g/mol. The van der Waals surface area contributed by atoms with Gasteiger partial charge in [0.05, 0.1) is 11.2 Å². The van der Waals surface area contributed by atoms with Gasteiger partial charge in [-0.3, -0.25) is 9.78 Å². The summed E-state index contributed by atoms with van der Waals surface area (Å²) in [5, 5.41) is 1.00. The molecule has 0 unspecified atom stereocenters. The van der Waals surface area contributed by atoms with Crippen molar-refractivity contribution in [1.82, 2.24) is 15.0 Å². The lowest BCUT2D eigenvalue weighted by atomic mass is 10.1. The van der Waals surface area contributed by atoms with Crippen LogP contribution in [0, 0.1) is 0 Å². The molecule has 0 bridgehead atoms. The molecule has 0 radical (unpaired) electrons. The number of aromatic amines is 1. The van der Waals surface area contributed by atoms with E-state index in [1.807, 2.05) is 37.3 Å². The first-order chi connectivity index (χ1) is 9.28. The van der Waals surface area contributed by atoms with E-state index in [1.165, 1.54) is 6.07 Å². The minimum Gasteiger partial charge on any atom is -0.311 e. The molecule has 0 saturated heterocycles. The van der Waals surface area contributed by atoms with Crippen LogP contribution in [-0.2, 0) is 6.42 Å². The van der Waals surface area contributed by atoms with Crippen molar-refractivity contribution in [3.05, 3.63) is 58.8 Å². The first kappa shape index (κ1) is 11.6. The zero-order valence-electron chi connectivity index (χ0n) is 10.6. The summed E-state index contributed by atoms with van der Waals surface area (Å²) < 4.78 is 0. The maximum Gasteiger partial charge on any atom is 0.251 e. The molecule has 0 saturated carbocycles. The van der Waals surface area contributed by atoms with E-state index in [1.54, 1.807) is 6.20 Å². The summed E-state index contributed by atoms with van der Waals surface area (Å²) >= 11 is 0. The van der Waals surface area contributed by atoms with Crippen LogP contribution in [-0.4, -0.2) is 15.0 Å². The lowest BCUT2D eigenvalue weighted by Crippen LogP contribution is -2.10. The molecular formula is C15H13N3O. The Morgan fingerprint density at radius 3 is 2.95 bits per heavy atom. The van der Waals surface area contributed by atoms with Crippen LogP contribution in [0.5, 0.6) is 0 Å². The molecule has 19 heavy (non-hydrogen) atoms. The van der Waals surface area contributed by atoms with Gasteiger partial charge in [-0.25, -0.2) is 4.98 Å². The molecule has 0 amide bonds. The molecule has 4 nitrogen and oxygen atoms in total. The molecule has 1 N–H and O–H groups in total. The van der Waals surface area contributed by atoms with E-state index in [9.17, 15) is 4.79 Å². The zero-order chi connectivity index (χ0) is 13.2. The van der Waals surface area contributed by atoms with Crippen LogP contribution in [0.1, 0.15) is 12.7 Å². The Bertz CT molecular complexity index is 787. The normalized spacial score (nSPS) is 10.8. The first-order valence-corrected chi connectivity index (χ1v) is 6.22. The van der Waals surface area contributed by atoms with Gasteiger partial charge in [-0.2, -0.15) is 0 Å². The lowest BCUT2D eigenvalue weighted by Gasteiger charge is -2.06. The second-order valence-corrected chi connectivity index (χ2v) is 4.31. The number of rotatable bonds is 2. The Hall–Kier alpha value is -2.49. The van der Waals surface area contributed by atoms with Crippen molar-refractivity contribution < 1.29 is 0 Å². The fourth-order valence-electron chi connectivity index (χ4n) is 2.14. The van der Waals surface area contributed by atoms with E-state index < -0.39 is 0 Å². The van der Waals surface area contributed by atoms with Crippen LogP contribution in [0.3, 0.4) is 0 Å². The highest BCUT2D eigenvalue weighted by Crippen LogP contribution is 2.25. The van der Waals surface area contributed by atoms with Crippen LogP contribution < -0.4 is 5.56 Å². The average molecular weight is 251 g/mol. The molecule has 3 rings (SSSR count). The fraction of sp³-hybridized carbons (Fsp3) is 0.133. The van der Waals surface area contributed by atoms with Crippen LogP contribution in [0.4, 0.5) is 0 Å². The van der Waals surface area contributed by atoms with E-state index in [0.717, 1.165) is 16.5 Å². The van der Waals surface area contributed by atoms with E-state index >= 15 is 0 Å². The molecule has 94 valence electrons. The second kappa shape index (κ2) is 4.65. The molecule has 0 aliphatic heterocycles. The number of aryl methyl sites for hydroxylation is 1. The van der Waals surface area contributed by atoms with Gasteiger partial charge in [0.1, 0.15) is 5.82 Å². The highest BCUT2D eigenvalue weighted by molar-refractivity contribution is 5.93. The minimum absolute atomic E-state index is 0.122. The summed E-state index contributed by atoms with van der Waals surface area (Å²) in [6, 6.07) is 11.3. The summed E-state index contributed by atoms with van der Waals surface area (Å²) in [6.45, 7) is 1.96. The van der Waals surface area contributed by atoms with Gasteiger partial charge >= 0.3 is 0 Å². The third-order valence-electron chi connectivity index (χ3n) is 3.05. The van der Waals surface area contributed by atoms with E-state index in [0.29, 0.717) is 17.9 Å². The quantitative estimate of drug-likeness (QED) is 0.761. The summed E-state index contributed by atoms with van der Waals surface area (Å²) in [5.41, 5.74) is 2.41. The van der Waals surface area contributed by atoms with Crippen LogP contribution in [0.15, 0.2) is 47.4 Å². The number of H-pyrrole nitrogens is 1. The number of aromatic nitrogens is 3. The standard InChI is InChI=1S/C15H13N3O/c1-2-14-17-13(9-15(19)18-14)11-5-3-7-12-10(11)6-4-8-16-12/h3-9H,2H2,1H3,(H,17,18,19). The molecule has 0 fully saturated rings.